The number of allylic oxidation sites excluding steroid dienone is 4. The third kappa shape index (κ3) is 2.49. The normalized spacial score (nSPS) is 47.0. The number of ketones is 2. The highest BCUT2D eigenvalue weighted by atomic mass is 16.3. The molecule has 0 spiro atoms. The molecule has 0 bridgehead atoms. The van der Waals surface area contributed by atoms with Gasteiger partial charge in [0.1, 0.15) is 6.61 Å². The summed E-state index contributed by atoms with van der Waals surface area (Å²) < 4.78 is 0. The van der Waals surface area contributed by atoms with Crippen LogP contribution in [0.4, 0.5) is 0 Å². The van der Waals surface area contributed by atoms with Crippen LogP contribution in [0.2, 0.25) is 0 Å². The van der Waals surface area contributed by atoms with Crippen LogP contribution in [-0.2, 0) is 9.59 Å². The molecule has 4 heteroatoms. The zero-order valence-electron chi connectivity index (χ0n) is 15.8. The lowest BCUT2D eigenvalue weighted by Crippen LogP contribution is -2.55. The van der Waals surface area contributed by atoms with Gasteiger partial charge in [-0.3, -0.25) is 9.59 Å². The summed E-state index contributed by atoms with van der Waals surface area (Å²) in [6.07, 6.45) is 10.3. The van der Waals surface area contributed by atoms with E-state index in [0.717, 1.165) is 25.7 Å². The zero-order chi connectivity index (χ0) is 18.7. The number of hydrogen-bond acceptors (Lipinski definition) is 4. The Morgan fingerprint density at radius 1 is 1.27 bits per heavy atom. The average molecular weight is 358 g/mol. The van der Waals surface area contributed by atoms with Crippen LogP contribution in [0.25, 0.3) is 0 Å². The highest BCUT2D eigenvalue weighted by molar-refractivity contribution is 6.01. The van der Waals surface area contributed by atoms with Crippen molar-refractivity contribution in [2.24, 2.45) is 34.5 Å². The van der Waals surface area contributed by atoms with Crippen molar-refractivity contribution < 1.29 is 19.8 Å². The van der Waals surface area contributed by atoms with Crippen molar-refractivity contribution in [3.63, 3.8) is 0 Å². The molecular weight excluding hydrogens is 328 g/mol. The van der Waals surface area contributed by atoms with Gasteiger partial charge in [-0.15, -0.1) is 0 Å². The lowest BCUT2D eigenvalue weighted by atomic mass is 9.46. The molecule has 3 fully saturated rings. The van der Waals surface area contributed by atoms with Crippen molar-refractivity contribution in [3.8, 4) is 0 Å². The van der Waals surface area contributed by atoms with E-state index in [9.17, 15) is 14.7 Å². The number of fused-ring (bicyclic) bond motifs is 5. The maximum Gasteiger partial charge on any atom is 0.178 e. The van der Waals surface area contributed by atoms with E-state index in [1.165, 1.54) is 5.57 Å². The molecule has 0 aromatic carbocycles. The monoisotopic (exact) mass is 358 g/mol. The topological polar surface area (TPSA) is 74.6 Å². The highest BCUT2D eigenvalue weighted by Crippen LogP contribution is 2.66. The molecule has 0 aliphatic heterocycles. The van der Waals surface area contributed by atoms with E-state index < -0.39 is 6.10 Å². The molecule has 0 radical (unpaired) electrons. The van der Waals surface area contributed by atoms with Crippen molar-refractivity contribution in [2.45, 2.75) is 58.5 Å². The molecule has 3 saturated carbocycles. The molecule has 0 aromatic rings. The van der Waals surface area contributed by atoms with Crippen LogP contribution in [-0.4, -0.2) is 34.5 Å². The standard InChI is InChI=1S/C22H30O4/c1-21-8-7-15(24)9-13(21)3-5-17-18-6-4-14(10-16(25)12-23)22(18,2)11-19(26)20(17)21/h7-9,14,17-20,23,26H,3-6,10-12H2,1-2H3. The van der Waals surface area contributed by atoms with Gasteiger partial charge in [0.05, 0.1) is 6.10 Å². The number of rotatable bonds is 3. The average Bonchev–Trinajstić information content (AvgIpc) is 2.91. The second-order valence-electron chi connectivity index (χ2n) is 9.48. The molecule has 0 saturated heterocycles. The van der Waals surface area contributed by atoms with E-state index >= 15 is 0 Å². The lowest BCUT2D eigenvalue weighted by Gasteiger charge is -2.58. The van der Waals surface area contributed by atoms with Gasteiger partial charge in [0.25, 0.3) is 0 Å². The van der Waals surface area contributed by atoms with E-state index in [2.05, 4.69) is 13.8 Å². The first-order chi connectivity index (χ1) is 12.3. The smallest absolute Gasteiger partial charge is 0.178 e. The van der Waals surface area contributed by atoms with Crippen LogP contribution in [0, 0.1) is 34.5 Å². The molecule has 7 atom stereocenters. The van der Waals surface area contributed by atoms with E-state index in [1.54, 1.807) is 12.2 Å². The second-order valence-corrected chi connectivity index (χ2v) is 9.48. The quantitative estimate of drug-likeness (QED) is 0.813. The molecule has 0 aromatic heterocycles. The molecule has 4 nitrogen and oxygen atoms in total. The molecule has 4 rings (SSSR count). The van der Waals surface area contributed by atoms with Crippen LogP contribution in [0.5, 0.6) is 0 Å². The van der Waals surface area contributed by atoms with Crippen molar-refractivity contribution in [1.29, 1.82) is 0 Å². The van der Waals surface area contributed by atoms with Gasteiger partial charge >= 0.3 is 0 Å². The van der Waals surface area contributed by atoms with Gasteiger partial charge < -0.3 is 10.2 Å². The maximum absolute atomic E-state index is 11.9. The third-order valence-electron chi connectivity index (χ3n) is 8.34. The summed E-state index contributed by atoms with van der Waals surface area (Å²) in [5.74, 6) is 1.33. The highest BCUT2D eigenvalue weighted by Gasteiger charge is 2.61. The number of carbonyl (C=O) groups excluding carboxylic acids is 2. The Morgan fingerprint density at radius 2 is 2.04 bits per heavy atom. The summed E-state index contributed by atoms with van der Waals surface area (Å²) in [5, 5.41) is 20.4. The third-order valence-corrected chi connectivity index (χ3v) is 8.34. The van der Waals surface area contributed by atoms with Crippen LogP contribution in [0.1, 0.15) is 52.4 Å². The van der Waals surface area contributed by atoms with Crippen molar-refractivity contribution in [2.75, 3.05) is 6.61 Å². The lowest BCUT2D eigenvalue weighted by molar-refractivity contribution is -0.130. The maximum atomic E-state index is 11.9. The number of aliphatic hydroxyl groups excluding tert-OH is 2. The van der Waals surface area contributed by atoms with E-state index in [1.807, 2.05) is 6.08 Å². The molecule has 142 valence electrons. The summed E-state index contributed by atoms with van der Waals surface area (Å²) in [7, 11) is 0. The molecule has 7 unspecified atom stereocenters. The van der Waals surface area contributed by atoms with Gasteiger partial charge in [0.2, 0.25) is 0 Å². The van der Waals surface area contributed by atoms with Gasteiger partial charge in [-0.2, -0.15) is 0 Å². The first kappa shape index (κ1) is 18.1. The predicted octanol–water partition coefficient (Wildman–Crippen LogP) is 2.83. The Bertz CT molecular complexity index is 692. The molecule has 0 heterocycles. The van der Waals surface area contributed by atoms with Crippen LogP contribution < -0.4 is 0 Å². The number of carbonyl (C=O) groups is 2. The Kier molecular flexibility index (Phi) is 4.27. The van der Waals surface area contributed by atoms with Gasteiger partial charge in [-0.05, 0) is 67.4 Å². The summed E-state index contributed by atoms with van der Waals surface area (Å²) in [5.41, 5.74) is 0.923. The van der Waals surface area contributed by atoms with Crippen LogP contribution in [0.3, 0.4) is 0 Å². The van der Waals surface area contributed by atoms with Crippen LogP contribution >= 0.6 is 0 Å². The minimum absolute atomic E-state index is 0.0306. The SMILES string of the molecule is CC12C=CC(=O)C=C1CCC1C2C(O)CC2(C)C(CC(=O)CO)CCC12. The van der Waals surface area contributed by atoms with Crippen molar-refractivity contribution in [3.05, 3.63) is 23.8 Å². The van der Waals surface area contributed by atoms with Crippen LogP contribution in [0.15, 0.2) is 23.8 Å². The summed E-state index contributed by atoms with van der Waals surface area (Å²) in [4.78, 5) is 23.7. The fraction of sp³-hybridized carbons (Fsp3) is 0.727. The summed E-state index contributed by atoms with van der Waals surface area (Å²) in [6.45, 7) is 4.07. The van der Waals surface area contributed by atoms with E-state index in [4.69, 9.17) is 5.11 Å². The fourth-order valence-corrected chi connectivity index (χ4v) is 7.10. The number of Topliss-reactive ketones (excluding diaryl/α,β-unsaturated/α-hetero) is 1. The Hall–Kier alpha value is -1.26. The minimum Gasteiger partial charge on any atom is -0.393 e. The number of hydrogen-bond donors (Lipinski definition) is 2. The predicted molar refractivity (Wildman–Crippen MR) is 98.2 cm³/mol. The first-order valence-electron chi connectivity index (χ1n) is 10.0. The van der Waals surface area contributed by atoms with Crippen molar-refractivity contribution >= 4 is 11.6 Å². The largest absolute Gasteiger partial charge is 0.393 e. The second kappa shape index (κ2) is 6.13. The molecular formula is C22H30O4. The summed E-state index contributed by atoms with van der Waals surface area (Å²) in [6, 6.07) is 0. The van der Waals surface area contributed by atoms with Gasteiger partial charge in [0, 0.05) is 17.8 Å². The molecule has 26 heavy (non-hydrogen) atoms. The molecule has 4 aliphatic rings. The van der Waals surface area contributed by atoms with Gasteiger partial charge in [-0.25, -0.2) is 0 Å². The summed E-state index contributed by atoms with van der Waals surface area (Å²) >= 11 is 0. The Balaban J connectivity index is 1.66. The minimum atomic E-state index is -0.419. The van der Waals surface area contributed by atoms with Crippen molar-refractivity contribution in [1.82, 2.24) is 0 Å². The Labute approximate surface area is 155 Å². The van der Waals surface area contributed by atoms with Gasteiger partial charge in [-0.1, -0.05) is 25.5 Å². The van der Waals surface area contributed by atoms with Gasteiger partial charge in [0.15, 0.2) is 11.6 Å². The molecule has 4 aliphatic carbocycles. The van der Waals surface area contributed by atoms with E-state index in [0.29, 0.717) is 24.7 Å². The first-order valence-corrected chi connectivity index (χ1v) is 10.0. The zero-order valence-corrected chi connectivity index (χ0v) is 15.8. The Morgan fingerprint density at radius 3 is 2.77 bits per heavy atom. The van der Waals surface area contributed by atoms with E-state index in [-0.39, 0.29) is 40.8 Å². The molecule has 2 N–H and O–H groups in total. The fourth-order valence-electron chi connectivity index (χ4n) is 7.10. The number of aliphatic hydroxyl groups is 2. The molecule has 0 amide bonds.